The van der Waals surface area contributed by atoms with Gasteiger partial charge in [-0.3, -0.25) is 9.88 Å². The van der Waals surface area contributed by atoms with Crippen molar-refractivity contribution >= 4 is 27.6 Å². The molecule has 0 spiro atoms. The van der Waals surface area contributed by atoms with Crippen LogP contribution in [0.5, 0.6) is 0 Å². The highest BCUT2D eigenvalue weighted by molar-refractivity contribution is 5.90. The summed E-state index contributed by atoms with van der Waals surface area (Å²) < 4.78 is 19.7. The number of anilines is 1. The van der Waals surface area contributed by atoms with Crippen LogP contribution in [0.15, 0.2) is 65.4 Å². The van der Waals surface area contributed by atoms with Crippen molar-refractivity contribution in [3.05, 3.63) is 72.4 Å². The molecule has 2 aromatic carbocycles. The monoisotopic (exact) mass is 375 g/mol. The summed E-state index contributed by atoms with van der Waals surface area (Å²) >= 11 is 0. The second kappa shape index (κ2) is 7.24. The topological polar surface area (TPSA) is 32.5 Å². The Balaban J connectivity index is 1.26. The highest BCUT2D eigenvalue weighted by Crippen LogP contribution is 2.27. The smallest absolute Gasteiger partial charge is 0.134 e. The van der Waals surface area contributed by atoms with Gasteiger partial charge >= 0.3 is 0 Å². The lowest BCUT2D eigenvalue weighted by Crippen LogP contribution is -2.47. The van der Waals surface area contributed by atoms with Gasteiger partial charge in [-0.1, -0.05) is 24.3 Å². The minimum Gasteiger partial charge on any atom is -0.464 e. The maximum atomic E-state index is 14.1. The predicted molar refractivity (Wildman–Crippen MR) is 110 cm³/mol. The molecule has 0 amide bonds. The van der Waals surface area contributed by atoms with Crippen molar-refractivity contribution in [3.63, 3.8) is 0 Å². The summed E-state index contributed by atoms with van der Waals surface area (Å²) in [6.45, 7) is 4.67. The zero-order valence-electron chi connectivity index (χ0n) is 15.6. The van der Waals surface area contributed by atoms with Gasteiger partial charge in [-0.05, 0) is 36.2 Å². The standard InChI is InChI=1S/C23H22FN3O/c24-19-14-17-4-3-8-25-23(17)21(15-19)27-12-10-26(11-13-27)9-7-18-16-28-22-6-2-1-5-20(18)22/h1-6,8,14-16H,7,9-13H2. The number of fused-ring (bicyclic) bond motifs is 2. The maximum Gasteiger partial charge on any atom is 0.134 e. The van der Waals surface area contributed by atoms with Crippen molar-refractivity contribution in [2.45, 2.75) is 6.42 Å². The molecule has 4 nitrogen and oxygen atoms in total. The summed E-state index contributed by atoms with van der Waals surface area (Å²) in [4.78, 5) is 9.20. The Bertz CT molecular complexity index is 1120. The molecule has 0 saturated carbocycles. The zero-order valence-corrected chi connectivity index (χ0v) is 15.6. The summed E-state index contributed by atoms with van der Waals surface area (Å²) in [5, 5.41) is 2.06. The lowest BCUT2D eigenvalue weighted by Gasteiger charge is -2.36. The molecule has 3 heterocycles. The molecule has 1 saturated heterocycles. The molecule has 5 heteroatoms. The number of halogens is 1. The summed E-state index contributed by atoms with van der Waals surface area (Å²) in [6.07, 6.45) is 4.63. The molecule has 1 aliphatic heterocycles. The van der Waals surface area contributed by atoms with Gasteiger partial charge in [-0.25, -0.2) is 4.39 Å². The normalized spacial score (nSPS) is 15.5. The van der Waals surface area contributed by atoms with Crippen LogP contribution in [-0.4, -0.2) is 42.6 Å². The summed E-state index contributed by atoms with van der Waals surface area (Å²) in [6, 6.07) is 15.1. The van der Waals surface area contributed by atoms with Gasteiger partial charge in [0, 0.05) is 49.7 Å². The number of aromatic nitrogens is 1. The lowest BCUT2D eigenvalue weighted by molar-refractivity contribution is 0.261. The molecule has 1 fully saturated rings. The second-order valence-electron chi connectivity index (χ2n) is 7.34. The van der Waals surface area contributed by atoms with Crippen molar-refractivity contribution < 1.29 is 8.81 Å². The average Bonchev–Trinajstić information content (AvgIpc) is 3.15. The Morgan fingerprint density at radius 3 is 2.75 bits per heavy atom. The van der Waals surface area contributed by atoms with Crippen LogP contribution in [-0.2, 0) is 6.42 Å². The highest BCUT2D eigenvalue weighted by Gasteiger charge is 2.20. The van der Waals surface area contributed by atoms with Gasteiger partial charge in [-0.2, -0.15) is 0 Å². The van der Waals surface area contributed by atoms with E-state index in [0.717, 1.165) is 61.3 Å². The van der Waals surface area contributed by atoms with Crippen LogP contribution in [0.2, 0.25) is 0 Å². The number of rotatable bonds is 4. The fraction of sp³-hybridized carbons (Fsp3) is 0.261. The Morgan fingerprint density at radius 1 is 1.00 bits per heavy atom. The SMILES string of the molecule is Fc1cc(N2CCN(CCc3coc4ccccc34)CC2)c2ncccc2c1. The lowest BCUT2D eigenvalue weighted by atomic mass is 10.1. The quantitative estimate of drug-likeness (QED) is 0.526. The van der Waals surface area contributed by atoms with E-state index in [4.69, 9.17) is 4.42 Å². The molecule has 28 heavy (non-hydrogen) atoms. The number of nitrogens with zero attached hydrogens (tertiary/aromatic N) is 3. The largest absolute Gasteiger partial charge is 0.464 e. The van der Waals surface area contributed by atoms with Gasteiger partial charge in [0.2, 0.25) is 0 Å². The Morgan fingerprint density at radius 2 is 1.86 bits per heavy atom. The molecule has 0 atom stereocenters. The molecule has 4 aromatic rings. The fourth-order valence-corrected chi connectivity index (χ4v) is 4.10. The molecule has 0 aliphatic carbocycles. The van der Waals surface area contributed by atoms with Crippen LogP contribution in [0.3, 0.4) is 0 Å². The van der Waals surface area contributed by atoms with E-state index in [2.05, 4.69) is 26.9 Å². The van der Waals surface area contributed by atoms with E-state index in [1.54, 1.807) is 18.3 Å². The average molecular weight is 375 g/mol. The summed E-state index contributed by atoms with van der Waals surface area (Å²) in [7, 11) is 0. The third-order valence-electron chi connectivity index (χ3n) is 5.62. The summed E-state index contributed by atoms with van der Waals surface area (Å²) in [5.74, 6) is -0.204. The van der Waals surface area contributed by atoms with Crippen LogP contribution in [0, 0.1) is 5.82 Å². The first-order valence-corrected chi connectivity index (χ1v) is 9.74. The molecule has 1 aliphatic rings. The highest BCUT2D eigenvalue weighted by atomic mass is 19.1. The molecule has 0 unspecified atom stereocenters. The number of benzene rings is 2. The Kier molecular flexibility index (Phi) is 4.45. The number of pyridine rings is 1. The molecule has 0 N–H and O–H groups in total. The van der Waals surface area contributed by atoms with E-state index < -0.39 is 0 Å². The van der Waals surface area contributed by atoms with E-state index in [1.165, 1.54) is 10.9 Å². The van der Waals surface area contributed by atoms with Crippen molar-refractivity contribution in [2.24, 2.45) is 0 Å². The molecule has 2 aromatic heterocycles. The zero-order chi connectivity index (χ0) is 18.9. The van der Waals surface area contributed by atoms with E-state index in [1.807, 2.05) is 30.5 Å². The molecule has 0 radical (unpaired) electrons. The van der Waals surface area contributed by atoms with Crippen molar-refractivity contribution in [1.29, 1.82) is 0 Å². The number of piperazine rings is 1. The first-order chi connectivity index (χ1) is 13.8. The van der Waals surface area contributed by atoms with Crippen LogP contribution in [0.25, 0.3) is 21.9 Å². The first kappa shape index (κ1) is 17.2. The van der Waals surface area contributed by atoms with Crippen molar-refractivity contribution in [1.82, 2.24) is 9.88 Å². The number of para-hydroxylation sites is 1. The number of hydrogen-bond acceptors (Lipinski definition) is 4. The molecule has 0 bridgehead atoms. The number of furan rings is 1. The third kappa shape index (κ3) is 3.22. The van der Waals surface area contributed by atoms with Crippen LogP contribution in [0.4, 0.5) is 10.1 Å². The maximum absolute atomic E-state index is 14.1. The molecule has 142 valence electrons. The van der Waals surface area contributed by atoms with Gasteiger partial charge < -0.3 is 9.32 Å². The Hall–Kier alpha value is -2.92. The van der Waals surface area contributed by atoms with Gasteiger partial charge in [0.25, 0.3) is 0 Å². The van der Waals surface area contributed by atoms with E-state index in [9.17, 15) is 4.39 Å². The van der Waals surface area contributed by atoms with Crippen LogP contribution < -0.4 is 4.90 Å². The minimum absolute atomic E-state index is 0.204. The van der Waals surface area contributed by atoms with Gasteiger partial charge in [0.05, 0.1) is 17.5 Å². The number of hydrogen-bond donors (Lipinski definition) is 0. The van der Waals surface area contributed by atoms with E-state index >= 15 is 0 Å². The van der Waals surface area contributed by atoms with E-state index in [0.29, 0.717) is 0 Å². The molecular weight excluding hydrogens is 353 g/mol. The Labute approximate surface area is 163 Å². The second-order valence-corrected chi connectivity index (χ2v) is 7.34. The van der Waals surface area contributed by atoms with Crippen molar-refractivity contribution in [2.75, 3.05) is 37.6 Å². The third-order valence-corrected chi connectivity index (χ3v) is 5.62. The fourth-order valence-electron chi connectivity index (χ4n) is 4.10. The van der Waals surface area contributed by atoms with Crippen LogP contribution in [0.1, 0.15) is 5.56 Å². The van der Waals surface area contributed by atoms with Crippen molar-refractivity contribution in [3.8, 4) is 0 Å². The predicted octanol–water partition coefficient (Wildman–Crippen LogP) is 4.48. The first-order valence-electron chi connectivity index (χ1n) is 9.74. The van der Waals surface area contributed by atoms with Crippen LogP contribution >= 0.6 is 0 Å². The molecular formula is C23H22FN3O. The molecule has 5 rings (SSSR count). The minimum atomic E-state index is -0.204. The summed E-state index contributed by atoms with van der Waals surface area (Å²) in [5.41, 5.74) is 3.99. The van der Waals surface area contributed by atoms with Gasteiger partial charge in [-0.15, -0.1) is 0 Å². The van der Waals surface area contributed by atoms with E-state index in [-0.39, 0.29) is 5.82 Å². The van der Waals surface area contributed by atoms with Gasteiger partial charge in [0.15, 0.2) is 0 Å². The van der Waals surface area contributed by atoms with Gasteiger partial charge in [0.1, 0.15) is 11.4 Å².